The van der Waals surface area contributed by atoms with Crippen LogP contribution in [0.25, 0.3) is 0 Å². The fraction of sp³-hybridized carbons (Fsp3) is 0.455. The highest BCUT2D eigenvalue weighted by molar-refractivity contribution is 5.96. The van der Waals surface area contributed by atoms with Gasteiger partial charge in [-0.05, 0) is 68.1 Å². The van der Waals surface area contributed by atoms with Crippen LogP contribution < -0.4 is 0 Å². The van der Waals surface area contributed by atoms with Gasteiger partial charge in [-0.2, -0.15) is 0 Å². The van der Waals surface area contributed by atoms with Crippen molar-refractivity contribution in [1.29, 1.82) is 0 Å². The van der Waals surface area contributed by atoms with Gasteiger partial charge in [-0.15, -0.1) is 0 Å². The van der Waals surface area contributed by atoms with E-state index in [0.29, 0.717) is 29.8 Å². The van der Waals surface area contributed by atoms with Crippen molar-refractivity contribution < 1.29 is 9.90 Å². The Morgan fingerprint density at radius 1 is 1.19 bits per heavy atom. The number of likely N-dealkylation sites (tertiary alicyclic amines) is 1. The molecule has 0 saturated carbocycles. The van der Waals surface area contributed by atoms with Gasteiger partial charge in [-0.1, -0.05) is 12.1 Å². The van der Waals surface area contributed by atoms with E-state index >= 15 is 0 Å². The van der Waals surface area contributed by atoms with E-state index in [2.05, 4.69) is 20.9 Å². The molecule has 0 spiro atoms. The number of hydrogen-bond donors (Lipinski definition) is 1. The number of amides is 1. The number of pyridine rings is 1. The van der Waals surface area contributed by atoms with Crippen LogP contribution in [0.15, 0.2) is 42.7 Å². The maximum atomic E-state index is 13.5. The number of carbonyl (C=O) groups is 1. The maximum Gasteiger partial charge on any atom is 0.256 e. The molecule has 140 valence electrons. The molecule has 1 N–H and O–H groups in total. The number of benzene rings is 1. The van der Waals surface area contributed by atoms with E-state index in [9.17, 15) is 9.90 Å². The topological polar surface area (TPSA) is 56.7 Å². The van der Waals surface area contributed by atoms with Crippen LogP contribution in [0.1, 0.15) is 40.2 Å². The third kappa shape index (κ3) is 2.64. The summed E-state index contributed by atoms with van der Waals surface area (Å²) in [6.07, 6.45) is 5.78. The van der Waals surface area contributed by atoms with Crippen LogP contribution in [-0.2, 0) is 0 Å². The number of aryl methyl sites for hydroxylation is 1. The van der Waals surface area contributed by atoms with Gasteiger partial charge in [-0.25, -0.2) is 0 Å². The first-order valence-electron chi connectivity index (χ1n) is 9.88. The molecule has 5 nitrogen and oxygen atoms in total. The minimum atomic E-state index is 0.104. The summed E-state index contributed by atoms with van der Waals surface area (Å²) in [5.74, 6) is 1.22. The van der Waals surface area contributed by atoms with Crippen molar-refractivity contribution >= 4 is 5.91 Å². The Kier molecular flexibility index (Phi) is 3.93. The first-order chi connectivity index (χ1) is 13.1. The summed E-state index contributed by atoms with van der Waals surface area (Å²) in [4.78, 5) is 22.3. The summed E-state index contributed by atoms with van der Waals surface area (Å²) in [6, 6.07) is 10.1. The highest BCUT2D eigenvalue weighted by Gasteiger charge is 2.54. The summed E-state index contributed by atoms with van der Waals surface area (Å²) in [5, 5.41) is 9.99. The third-order valence-electron chi connectivity index (χ3n) is 6.82. The number of nitrogens with zero attached hydrogens (tertiary/aromatic N) is 3. The van der Waals surface area contributed by atoms with Crippen molar-refractivity contribution in [2.24, 2.45) is 5.92 Å². The molecule has 4 aliphatic heterocycles. The lowest BCUT2D eigenvalue weighted by molar-refractivity contribution is -0.00345. The lowest BCUT2D eigenvalue weighted by Crippen LogP contribution is -2.60. The SMILES string of the molecule is Cc1ccncc1C(=O)N1C[C@@H](c2cccc(O)c2)[C@@H]2[C@H]1C1CCN2CC1. The van der Waals surface area contributed by atoms with Gasteiger partial charge in [-0.3, -0.25) is 14.7 Å². The van der Waals surface area contributed by atoms with Crippen molar-refractivity contribution in [3.63, 3.8) is 0 Å². The predicted molar refractivity (Wildman–Crippen MR) is 103 cm³/mol. The second kappa shape index (κ2) is 6.34. The standard InChI is InChI=1S/C22H25N3O2/c1-14-5-8-23-12-18(14)22(27)25-13-19(16-3-2-4-17(26)11-16)21-20(25)15-6-9-24(21)10-7-15/h2-5,8,11-12,15,19-21,26H,6-7,9-10,13H2,1H3/t19-,20+,21+/m0/s1. The summed E-state index contributed by atoms with van der Waals surface area (Å²) in [6.45, 7) is 4.93. The number of rotatable bonds is 2. The molecule has 2 aromatic rings. The largest absolute Gasteiger partial charge is 0.508 e. The number of hydrogen-bond acceptors (Lipinski definition) is 4. The zero-order valence-electron chi connectivity index (χ0n) is 15.6. The summed E-state index contributed by atoms with van der Waals surface area (Å²) < 4.78 is 0. The van der Waals surface area contributed by atoms with Gasteiger partial charge < -0.3 is 10.0 Å². The van der Waals surface area contributed by atoms with Crippen molar-refractivity contribution in [2.45, 2.75) is 37.8 Å². The quantitative estimate of drug-likeness (QED) is 0.891. The van der Waals surface area contributed by atoms with Crippen LogP contribution in [0.2, 0.25) is 0 Å². The van der Waals surface area contributed by atoms with E-state index in [4.69, 9.17) is 0 Å². The first-order valence-corrected chi connectivity index (χ1v) is 9.88. The van der Waals surface area contributed by atoms with Gasteiger partial charge in [0.1, 0.15) is 5.75 Å². The predicted octanol–water partition coefficient (Wildman–Crippen LogP) is 2.80. The van der Waals surface area contributed by atoms with E-state index in [1.54, 1.807) is 18.5 Å². The molecule has 2 bridgehead atoms. The number of aromatic hydroxyl groups is 1. The van der Waals surface area contributed by atoms with Crippen LogP contribution in [0.5, 0.6) is 5.75 Å². The number of piperidine rings is 3. The summed E-state index contributed by atoms with van der Waals surface area (Å²) >= 11 is 0. The molecular weight excluding hydrogens is 338 g/mol. The van der Waals surface area contributed by atoms with Gasteiger partial charge in [0, 0.05) is 30.9 Å². The molecule has 0 unspecified atom stereocenters. The second-order valence-corrected chi connectivity index (χ2v) is 8.20. The molecule has 27 heavy (non-hydrogen) atoms. The molecule has 5 heterocycles. The molecule has 4 fully saturated rings. The Balaban J connectivity index is 1.55. The van der Waals surface area contributed by atoms with Gasteiger partial charge in [0.05, 0.1) is 11.6 Å². The highest BCUT2D eigenvalue weighted by atomic mass is 16.3. The fourth-order valence-electron chi connectivity index (χ4n) is 5.55. The lowest BCUT2D eigenvalue weighted by atomic mass is 9.75. The van der Waals surface area contributed by atoms with Gasteiger partial charge in [0.15, 0.2) is 0 Å². The van der Waals surface area contributed by atoms with Crippen molar-refractivity contribution in [1.82, 2.24) is 14.8 Å². The molecule has 4 saturated heterocycles. The molecule has 1 aromatic carbocycles. The number of fused-ring (bicyclic) bond motifs is 2. The van der Waals surface area contributed by atoms with Gasteiger partial charge in [0.2, 0.25) is 0 Å². The number of aromatic nitrogens is 1. The molecule has 1 aromatic heterocycles. The van der Waals surface area contributed by atoms with Crippen LogP contribution in [0.3, 0.4) is 0 Å². The maximum absolute atomic E-state index is 13.5. The zero-order chi connectivity index (χ0) is 18.5. The normalized spacial score (nSPS) is 31.7. The van der Waals surface area contributed by atoms with Gasteiger partial charge in [0.25, 0.3) is 5.91 Å². The van der Waals surface area contributed by atoms with Crippen LogP contribution in [0, 0.1) is 12.8 Å². The number of phenolic OH excluding ortho intramolecular Hbond substituents is 1. The molecule has 6 rings (SSSR count). The van der Waals surface area contributed by atoms with Crippen LogP contribution in [-0.4, -0.2) is 57.5 Å². The van der Waals surface area contributed by atoms with Crippen LogP contribution in [0.4, 0.5) is 0 Å². The number of carbonyl (C=O) groups excluding carboxylic acids is 1. The van der Waals surface area contributed by atoms with Gasteiger partial charge >= 0.3 is 0 Å². The summed E-state index contributed by atoms with van der Waals surface area (Å²) in [7, 11) is 0. The van der Waals surface area contributed by atoms with Crippen molar-refractivity contribution in [2.75, 3.05) is 19.6 Å². The Hall–Kier alpha value is -2.40. The minimum absolute atomic E-state index is 0.104. The van der Waals surface area contributed by atoms with Crippen molar-refractivity contribution in [3.8, 4) is 5.75 Å². The average Bonchev–Trinajstić information content (AvgIpc) is 3.12. The van der Waals surface area contributed by atoms with E-state index in [0.717, 1.165) is 24.2 Å². The Morgan fingerprint density at radius 2 is 2.00 bits per heavy atom. The molecule has 5 heteroatoms. The smallest absolute Gasteiger partial charge is 0.256 e. The summed E-state index contributed by atoms with van der Waals surface area (Å²) in [5.41, 5.74) is 2.83. The molecule has 3 atom stereocenters. The Morgan fingerprint density at radius 3 is 2.74 bits per heavy atom. The minimum Gasteiger partial charge on any atom is -0.508 e. The molecule has 0 aliphatic carbocycles. The lowest BCUT2D eigenvalue weighted by Gasteiger charge is -2.51. The van der Waals surface area contributed by atoms with E-state index in [1.165, 1.54) is 12.8 Å². The molecule has 0 radical (unpaired) electrons. The molecule has 4 aliphatic rings. The zero-order valence-corrected chi connectivity index (χ0v) is 15.6. The van der Waals surface area contributed by atoms with E-state index in [-0.39, 0.29) is 17.9 Å². The number of phenols is 1. The third-order valence-corrected chi connectivity index (χ3v) is 6.82. The van der Waals surface area contributed by atoms with E-state index in [1.807, 2.05) is 25.1 Å². The molecule has 1 amide bonds. The fourth-order valence-corrected chi connectivity index (χ4v) is 5.55. The van der Waals surface area contributed by atoms with E-state index < -0.39 is 0 Å². The highest BCUT2D eigenvalue weighted by Crippen LogP contribution is 2.47. The van der Waals surface area contributed by atoms with Crippen molar-refractivity contribution in [3.05, 3.63) is 59.4 Å². The first kappa shape index (κ1) is 16.8. The monoisotopic (exact) mass is 363 g/mol. The average molecular weight is 363 g/mol. The Bertz CT molecular complexity index is 875. The molecular formula is C22H25N3O2. The van der Waals surface area contributed by atoms with Crippen LogP contribution >= 0.6 is 0 Å². The second-order valence-electron chi connectivity index (χ2n) is 8.20. The Labute approximate surface area is 159 Å².